The average molecular weight is 899 g/mol. The first-order chi connectivity index (χ1) is 29.6. The second-order valence-corrected chi connectivity index (χ2v) is 19.8. The Kier molecular flexibility index (Phi) is 12.6. The summed E-state index contributed by atoms with van der Waals surface area (Å²) in [6.45, 7) is 4.94. The normalized spacial score (nSPS) is 24.5. The molecule has 0 spiro atoms. The number of aromatic nitrogens is 1. The summed E-state index contributed by atoms with van der Waals surface area (Å²) >= 11 is 0. The third-order valence-electron chi connectivity index (χ3n) is 11.5. The number of carbonyl (C=O) groups excluding carboxylic acids is 4. The third-order valence-corrected chi connectivity index (χ3v) is 13.3. The minimum atomic E-state index is -4.88. The van der Waals surface area contributed by atoms with Gasteiger partial charge in [0.2, 0.25) is 27.7 Å². The van der Waals surface area contributed by atoms with Crippen LogP contribution >= 0.6 is 0 Å². The van der Waals surface area contributed by atoms with E-state index >= 15 is 0 Å². The lowest BCUT2D eigenvalue weighted by molar-refractivity contribution is -0.274. The van der Waals surface area contributed by atoms with E-state index in [-0.39, 0.29) is 31.7 Å². The Labute approximate surface area is 364 Å². The van der Waals surface area contributed by atoms with Crippen molar-refractivity contribution in [1.82, 2.24) is 25.2 Å². The zero-order chi connectivity index (χ0) is 45.5. The smallest absolute Gasteiger partial charge is 0.472 e. The van der Waals surface area contributed by atoms with Crippen LogP contribution in [0.3, 0.4) is 0 Å². The van der Waals surface area contributed by atoms with Gasteiger partial charge < -0.3 is 34.6 Å². The monoisotopic (exact) mass is 898 g/mol. The zero-order valence-electron chi connectivity index (χ0n) is 35.8. The number of allylic oxidation sites excluding steroid dienone is 1. The maximum Gasteiger partial charge on any atom is 0.573 e. The molecule has 4 amide bonds. The van der Waals surface area contributed by atoms with Crippen LogP contribution in [0.4, 0.5) is 23.7 Å². The highest BCUT2D eigenvalue weighted by Gasteiger charge is 2.62. The van der Waals surface area contributed by atoms with Crippen molar-refractivity contribution in [3.63, 3.8) is 0 Å². The van der Waals surface area contributed by atoms with Crippen LogP contribution in [0.15, 0.2) is 60.7 Å². The van der Waals surface area contributed by atoms with Crippen molar-refractivity contribution in [2.45, 2.75) is 119 Å². The Morgan fingerprint density at radius 2 is 1.71 bits per heavy atom. The standard InChI is InChI=1S/C44H53F3N6O9S/c1-42(2,3)62-41(57)49-34-12-10-8-6-7-9-11-28-24-43(28,40(56)51-63(58,59)32-18-19-32)50-37(54)36-23-31(25-53(36)39(34)55)60-38-33-20-15-29(52(4)5)21-27(33)22-35(48-38)26-13-16-30(17-14-26)61-44(45,46)47/h9,11,13-17,20-22,28,31-32,34,36H,6-8,10,12,18-19,23-25H2,1-5H3,(H,49,57)(H,50,54)(H,51,56)/t28-,31?,34+,36+,43-/m1/s1. The lowest BCUT2D eigenvalue weighted by Crippen LogP contribution is -2.58. The first-order valence-corrected chi connectivity index (χ1v) is 22.7. The van der Waals surface area contributed by atoms with Crippen LogP contribution in [0.1, 0.15) is 78.6 Å². The molecular weight excluding hydrogens is 846 g/mol. The summed E-state index contributed by atoms with van der Waals surface area (Å²) in [5.41, 5.74) is -0.802. The van der Waals surface area contributed by atoms with E-state index in [1.807, 2.05) is 49.3 Å². The zero-order valence-corrected chi connectivity index (χ0v) is 36.6. The van der Waals surface area contributed by atoms with Crippen LogP contribution in [-0.4, -0.2) is 104 Å². The number of ether oxygens (including phenoxy) is 3. The van der Waals surface area contributed by atoms with Crippen LogP contribution in [0.5, 0.6) is 11.6 Å². The van der Waals surface area contributed by atoms with Crippen molar-refractivity contribution in [2.75, 3.05) is 25.5 Å². The molecule has 2 aliphatic heterocycles. The van der Waals surface area contributed by atoms with Gasteiger partial charge in [0, 0.05) is 43.1 Å². The van der Waals surface area contributed by atoms with E-state index in [1.54, 1.807) is 26.8 Å². The highest BCUT2D eigenvalue weighted by Crippen LogP contribution is 2.46. The van der Waals surface area contributed by atoms with E-state index in [9.17, 15) is 40.8 Å². The van der Waals surface area contributed by atoms with Gasteiger partial charge in [0.15, 0.2) is 0 Å². The van der Waals surface area contributed by atoms with E-state index in [2.05, 4.69) is 20.1 Å². The van der Waals surface area contributed by atoms with Crippen LogP contribution in [-0.2, 0) is 29.1 Å². The SMILES string of the molecule is CN(C)c1ccc2c(OC3C[C@H]4C(=O)N[C@]5(C(=O)NS(=O)(=O)C6CC6)C[C@H]5C=CCCCCC[C@H](NC(=O)OC(C)(C)C)C(=O)N4C3)nc(-c3ccc(OC(F)(F)F)cc3)cc2c1. The molecule has 63 heavy (non-hydrogen) atoms. The number of rotatable bonds is 9. The maximum atomic E-state index is 14.7. The van der Waals surface area contributed by atoms with Crippen molar-refractivity contribution in [2.24, 2.45) is 5.92 Å². The molecule has 3 heterocycles. The molecule has 4 aliphatic rings. The first-order valence-electron chi connectivity index (χ1n) is 21.1. The summed E-state index contributed by atoms with van der Waals surface area (Å²) in [5, 5.41) is 6.14. The van der Waals surface area contributed by atoms with Gasteiger partial charge in [0.05, 0.1) is 17.5 Å². The molecule has 1 aromatic heterocycles. The Bertz CT molecular complexity index is 2380. The molecule has 0 radical (unpaired) electrons. The highest BCUT2D eigenvalue weighted by molar-refractivity contribution is 7.91. The Balaban J connectivity index is 1.24. The number of amides is 4. The third kappa shape index (κ3) is 11.0. The number of nitrogens with zero attached hydrogens (tertiary/aromatic N) is 3. The largest absolute Gasteiger partial charge is 0.573 e. The molecule has 1 unspecified atom stereocenters. The number of fused-ring (bicyclic) bond motifs is 3. The summed E-state index contributed by atoms with van der Waals surface area (Å²) in [4.78, 5) is 64.3. The molecule has 2 saturated carbocycles. The maximum absolute atomic E-state index is 14.7. The minimum Gasteiger partial charge on any atom is -0.472 e. The summed E-state index contributed by atoms with van der Waals surface area (Å²) < 4.78 is 83.1. The molecule has 340 valence electrons. The van der Waals surface area contributed by atoms with Crippen LogP contribution in [0.2, 0.25) is 0 Å². The number of hydrogen-bond donors (Lipinski definition) is 3. The molecule has 5 atom stereocenters. The predicted octanol–water partition coefficient (Wildman–Crippen LogP) is 6.11. The van der Waals surface area contributed by atoms with Crippen LogP contribution < -0.4 is 29.7 Å². The van der Waals surface area contributed by atoms with Gasteiger partial charge in [-0.05, 0) is 113 Å². The van der Waals surface area contributed by atoms with E-state index in [0.29, 0.717) is 54.1 Å². The molecule has 3 fully saturated rings. The van der Waals surface area contributed by atoms with E-state index in [4.69, 9.17) is 14.5 Å². The molecule has 0 bridgehead atoms. The lowest BCUT2D eigenvalue weighted by atomic mass is 10.0. The number of nitrogens with one attached hydrogen (secondary N) is 3. The first kappa shape index (κ1) is 45.4. The van der Waals surface area contributed by atoms with Gasteiger partial charge in [0.25, 0.3) is 5.91 Å². The number of carbonyl (C=O) groups is 4. The van der Waals surface area contributed by atoms with Gasteiger partial charge >= 0.3 is 12.5 Å². The molecule has 2 aromatic carbocycles. The Morgan fingerprint density at radius 1 is 0.984 bits per heavy atom. The average Bonchev–Trinajstić information content (AvgIpc) is 4.12. The fourth-order valence-corrected chi connectivity index (χ4v) is 9.38. The molecule has 1 saturated heterocycles. The summed E-state index contributed by atoms with van der Waals surface area (Å²) in [5.74, 6) is -2.92. The number of halogens is 3. The van der Waals surface area contributed by atoms with E-state index in [0.717, 1.165) is 12.1 Å². The summed E-state index contributed by atoms with van der Waals surface area (Å²) in [6, 6.07) is 10.2. The number of alkyl halides is 3. The summed E-state index contributed by atoms with van der Waals surface area (Å²) in [7, 11) is -0.229. The molecule has 15 nitrogen and oxygen atoms in total. The number of benzene rings is 2. The quantitative estimate of drug-likeness (QED) is 0.211. The van der Waals surface area contributed by atoms with Crippen LogP contribution in [0, 0.1) is 5.92 Å². The highest BCUT2D eigenvalue weighted by atomic mass is 32.2. The van der Waals surface area contributed by atoms with Crippen molar-refractivity contribution in [1.29, 1.82) is 0 Å². The van der Waals surface area contributed by atoms with Gasteiger partial charge in [-0.2, -0.15) is 0 Å². The molecule has 19 heteroatoms. The minimum absolute atomic E-state index is 0.0814. The number of hydrogen-bond acceptors (Lipinski definition) is 11. The fraction of sp³-hybridized carbons (Fsp3) is 0.523. The fourth-order valence-electron chi connectivity index (χ4n) is 8.01. The second-order valence-electron chi connectivity index (χ2n) is 17.9. The molecule has 3 aromatic rings. The summed E-state index contributed by atoms with van der Waals surface area (Å²) in [6.07, 6.45) is 0.966. The topological polar surface area (TPSA) is 186 Å². The Hall–Kier alpha value is -5.59. The Morgan fingerprint density at radius 3 is 2.38 bits per heavy atom. The van der Waals surface area contributed by atoms with Gasteiger partial charge in [-0.3, -0.25) is 19.1 Å². The van der Waals surface area contributed by atoms with Crippen molar-refractivity contribution >= 4 is 50.3 Å². The van der Waals surface area contributed by atoms with E-state index in [1.165, 1.54) is 29.2 Å². The van der Waals surface area contributed by atoms with Crippen molar-refractivity contribution < 1.29 is 55.0 Å². The predicted molar refractivity (Wildman–Crippen MR) is 227 cm³/mol. The lowest BCUT2D eigenvalue weighted by Gasteiger charge is -2.30. The van der Waals surface area contributed by atoms with Gasteiger partial charge in [-0.15, -0.1) is 13.2 Å². The number of sulfonamides is 1. The van der Waals surface area contributed by atoms with E-state index < -0.39 is 86.4 Å². The van der Waals surface area contributed by atoms with Gasteiger partial charge in [-0.25, -0.2) is 18.2 Å². The number of anilines is 1. The molecule has 7 rings (SSSR count). The molecular formula is C44H53F3N6O9S. The van der Waals surface area contributed by atoms with Crippen LogP contribution in [0.25, 0.3) is 22.0 Å². The molecule has 3 N–H and O–H groups in total. The number of alkyl carbamates (subject to hydrolysis) is 1. The molecule has 2 aliphatic carbocycles. The van der Waals surface area contributed by atoms with Gasteiger partial charge in [-0.1, -0.05) is 25.0 Å². The van der Waals surface area contributed by atoms with Crippen molar-refractivity contribution in [3.05, 3.63) is 60.7 Å². The van der Waals surface area contributed by atoms with Gasteiger partial charge in [0.1, 0.15) is 35.1 Å². The number of pyridine rings is 1. The second kappa shape index (κ2) is 17.5. The van der Waals surface area contributed by atoms with Crippen molar-refractivity contribution in [3.8, 4) is 22.9 Å².